The molecule has 24 heavy (non-hydrogen) atoms. The van der Waals surface area contributed by atoms with Crippen molar-refractivity contribution in [3.05, 3.63) is 0 Å². The fourth-order valence-corrected chi connectivity index (χ4v) is 3.97. The summed E-state index contributed by atoms with van der Waals surface area (Å²) in [5, 5.41) is 9.20. The van der Waals surface area contributed by atoms with Crippen molar-refractivity contribution >= 4 is 10.1 Å². The molecule has 2 atom stereocenters. The molecule has 0 aromatic heterocycles. The van der Waals surface area contributed by atoms with Crippen LogP contribution < -0.4 is 29.6 Å². The molecule has 140 valence electrons. The van der Waals surface area contributed by atoms with Crippen molar-refractivity contribution in [2.75, 3.05) is 0 Å². The maximum Gasteiger partial charge on any atom is 1.00 e. The molecule has 0 aliphatic heterocycles. The average molecular weight is 373 g/mol. The summed E-state index contributed by atoms with van der Waals surface area (Å²) in [5.74, 6) is 0. The molecule has 0 aromatic rings. The zero-order valence-electron chi connectivity index (χ0n) is 16.1. The first-order valence-corrected chi connectivity index (χ1v) is 11.0. The van der Waals surface area contributed by atoms with E-state index >= 15 is 0 Å². The number of hydrogen-bond acceptors (Lipinski definition) is 4. The van der Waals surface area contributed by atoms with Crippen molar-refractivity contribution in [2.45, 2.75) is 115 Å². The Labute approximate surface area is 172 Å². The standard InChI is InChI=1S/C18H38O4S.Na/c1-3-5-6-7-10-14-17(19)15-11-8-9-12-16-18(13-4-2)23(20,21)22;/h17-19H,3-16H2,1-2H3,(H,20,21,22);/q;+1/p-1. The molecule has 0 saturated heterocycles. The molecule has 0 fully saturated rings. The van der Waals surface area contributed by atoms with Gasteiger partial charge >= 0.3 is 29.6 Å². The second-order valence-electron chi connectivity index (χ2n) is 6.75. The summed E-state index contributed by atoms with van der Waals surface area (Å²) in [4.78, 5) is 0. The molecule has 0 aromatic carbocycles. The third-order valence-electron chi connectivity index (χ3n) is 4.47. The van der Waals surface area contributed by atoms with Gasteiger partial charge in [-0.3, -0.25) is 0 Å². The van der Waals surface area contributed by atoms with Gasteiger partial charge in [-0.15, -0.1) is 0 Å². The van der Waals surface area contributed by atoms with Crippen LogP contribution in [-0.2, 0) is 10.1 Å². The summed E-state index contributed by atoms with van der Waals surface area (Å²) >= 11 is 0. The molecule has 0 aliphatic rings. The molecule has 0 aliphatic carbocycles. The number of rotatable bonds is 16. The van der Waals surface area contributed by atoms with E-state index in [1.807, 2.05) is 6.92 Å². The Morgan fingerprint density at radius 2 is 1.21 bits per heavy atom. The van der Waals surface area contributed by atoms with E-state index in [0.29, 0.717) is 12.8 Å². The van der Waals surface area contributed by atoms with Crippen LogP contribution in [0.4, 0.5) is 0 Å². The Morgan fingerprint density at radius 3 is 1.62 bits per heavy atom. The molecule has 0 saturated carbocycles. The Bertz CT molecular complexity index is 360. The van der Waals surface area contributed by atoms with Crippen LogP contribution in [0.25, 0.3) is 0 Å². The molecule has 0 amide bonds. The zero-order chi connectivity index (χ0) is 17.6. The molecular formula is C18H37NaO4S. The Morgan fingerprint density at radius 1 is 0.750 bits per heavy atom. The van der Waals surface area contributed by atoms with E-state index in [-0.39, 0.29) is 35.7 Å². The Hall–Kier alpha value is 0.870. The van der Waals surface area contributed by atoms with Crippen LogP contribution in [-0.4, -0.2) is 29.4 Å². The maximum absolute atomic E-state index is 11.1. The van der Waals surface area contributed by atoms with Crippen molar-refractivity contribution in [2.24, 2.45) is 0 Å². The minimum atomic E-state index is -4.14. The van der Waals surface area contributed by atoms with Gasteiger partial charge in [0.15, 0.2) is 0 Å². The smallest absolute Gasteiger partial charge is 0.748 e. The van der Waals surface area contributed by atoms with Gasteiger partial charge in [0.1, 0.15) is 0 Å². The SMILES string of the molecule is CCCCCCCC(O)CCCCCCC(CCC)S(=O)(=O)[O-].[Na+]. The molecule has 0 radical (unpaired) electrons. The van der Waals surface area contributed by atoms with E-state index < -0.39 is 15.4 Å². The van der Waals surface area contributed by atoms with Crippen molar-refractivity contribution in [3.63, 3.8) is 0 Å². The molecule has 0 spiro atoms. The second-order valence-corrected chi connectivity index (χ2v) is 8.40. The van der Waals surface area contributed by atoms with Gasteiger partial charge in [0, 0.05) is 5.25 Å². The van der Waals surface area contributed by atoms with Crippen molar-refractivity contribution < 1.29 is 47.6 Å². The third-order valence-corrected chi connectivity index (χ3v) is 5.76. The van der Waals surface area contributed by atoms with Gasteiger partial charge in [-0.05, 0) is 25.7 Å². The van der Waals surface area contributed by atoms with Crippen LogP contribution in [0.15, 0.2) is 0 Å². The van der Waals surface area contributed by atoms with Crippen LogP contribution in [0.2, 0.25) is 0 Å². The predicted molar refractivity (Wildman–Crippen MR) is 95.5 cm³/mol. The van der Waals surface area contributed by atoms with E-state index in [9.17, 15) is 18.1 Å². The molecular weight excluding hydrogens is 335 g/mol. The van der Waals surface area contributed by atoms with Crippen LogP contribution in [0.3, 0.4) is 0 Å². The topological polar surface area (TPSA) is 77.4 Å². The summed E-state index contributed by atoms with van der Waals surface area (Å²) in [6.45, 7) is 4.10. The monoisotopic (exact) mass is 372 g/mol. The summed E-state index contributed by atoms with van der Waals surface area (Å²) < 4.78 is 33.3. The van der Waals surface area contributed by atoms with Crippen LogP contribution in [0.1, 0.15) is 104 Å². The normalized spacial score (nSPS) is 14.2. The van der Waals surface area contributed by atoms with Gasteiger partial charge < -0.3 is 9.66 Å². The van der Waals surface area contributed by atoms with Crippen molar-refractivity contribution in [3.8, 4) is 0 Å². The van der Waals surface area contributed by atoms with Gasteiger partial charge in [0.2, 0.25) is 0 Å². The van der Waals surface area contributed by atoms with E-state index in [2.05, 4.69) is 6.92 Å². The average Bonchev–Trinajstić information content (AvgIpc) is 2.48. The van der Waals surface area contributed by atoms with E-state index in [1.165, 1.54) is 25.7 Å². The third kappa shape index (κ3) is 16.3. The van der Waals surface area contributed by atoms with Crippen LogP contribution in [0.5, 0.6) is 0 Å². The number of aliphatic hydroxyl groups excluding tert-OH is 1. The summed E-state index contributed by atoms with van der Waals surface area (Å²) in [6, 6.07) is 0. The molecule has 0 bridgehead atoms. The Kier molecular flexibility index (Phi) is 19.5. The van der Waals surface area contributed by atoms with Gasteiger partial charge in [-0.1, -0.05) is 78.1 Å². The minimum Gasteiger partial charge on any atom is -0.748 e. The fraction of sp³-hybridized carbons (Fsp3) is 1.00. The molecule has 4 nitrogen and oxygen atoms in total. The molecule has 0 rings (SSSR count). The van der Waals surface area contributed by atoms with Gasteiger partial charge in [0.05, 0.1) is 16.2 Å². The molecule has 6 heteroatoms. The molecule has 2 unspecified atom stereocenters. The number of aliphatic hydroxyl groups is 1. The summed E-state index contributed by atoms with van der Waals surface area (Å²) in [5.41, 5.74) is 0. The quantitative estimate of drug-likeness (QED) is 0.254. The van der Waals surface area contributed by atoms with Crippen LogP contribution in [0, 0.1) is 0 Å². The van der Waals surface area contributed by atoms with Gasteiger partial charge in [-0.25, -0.2) is 8.42 Å². The number of hydrogen-bond donors (Lipinski definition) is 1. The van der Waals surface area contributed by atoms with Gasteiger partial charge in [-0.2, -0.15) is 0 Å². The second kappa shape index (κ2) is 17.3. The predicted octanol–water partition coefficient (Wildman–Crippen LogP) is 1.77. The first-order chi connectivity index (χ1) is 10.9. The van der Waals surface area contributed by atoms with E-state index in [0.717, 1.165) is 51.4 Å². The van der Waals surface area contributed by atoms with E-state index in [4.69, 9.17) is 0 Å². The first-order valence-electron chi connectivity index (χ1n) is 9.54. The largest absolute Gasteiger partial charge is 1.00 e. The molecule has 1 N–H and O–H groups in total. The van der Waals surface area contributed by atoms with Crippen LogP contribution >= 0.6 is 0 Å². The summed E-state index contributed by atoms with van der Waals surface area (Å²) in [6.07, 6.45) is 13.1. The molecule has 0 heterocycles. The maximum atomic E-state index is 11.1. The number of unbranched alkanes of at least 4 members (excludes halogenated alkanes) is 7. The van der Waals surface area contributed by atoms with Gasteiger partial charge in [0.25, 0.3) is 0 Å². The Balaban J connectivity index is 0. The van der Waals surface area contributed by atoms with E-state index in [1.54, 1.807) is 0 Å². The minimum absolute atomic E-state index is 0. The van der Waals surface area contributed by atoms with Crippen molar-refractivity contribution in [1.82, 2.24) is 0 Å². The first kappa shape index (κ1) is 27.1. The fourth-order valence-electron chi connectivity index (χ4n) is 2.99. The zero-order valence-corrected chi connectivity index (χ0v) is 19.0. The summed E-state index contributed by atoms with van der Waals surface area (Å²) in [7, 11) is -4.14. The van der Waals surface area contributed by atoms with Crippen molar-refractivity contribution in [1.29, 1.82) is 0 Å².